The molecule has 1 aliphatic rings. The smallest absolute Gasteiger partial charge is 0.387 e. The van der Waals surface area contributed by atoms with Crippen molar-refractivity contribution in [2.24, 2.45) is 5.92 Å². The van der Waals surface area contributed by atoms with Crippen molar-refractivity contribution >= 4 is 5.91 Å². The first kappa shape index (κ1) is 22.8. The lowest BCUT2D eigenvalue weighted by atomic mass is 10.0. The Morgan fingerprint density at radius 2 is 1.94 bits per heavy atom. The number of hydrogen-bond acceptors (Lipinski definition) is 6. The van der Waals surface area contributed by atoms with Crippen LogP contribution in [-0.2, 0) is 21.7 Å². The highest BCUT2D eigenvalue weighted by Crippen LogP contribution is 2.46. The van der Waals surface area contributed by atoms with Crippen LogP contribution >= 0.6 is 0 Å². The molecular formula is C23H25F2N5O3. The molecule has 1 amide bonds. The van der Waals surface area contributed by atoms with Gasteiger partial charge in [-0.1, -0.05) is 50.2 Å². The van der Waals surface area contributed by atoms with Crippen molar-refractivity contribution in [1.82, 2.24) is 25.9 Å². The third-order valence-corrected chi connectivity index (χ3v) is 5.57. The third kappa shape index (κ3) is 5.51. The number of halogens is 2. The number of aromatic amines is 1. The van der Waals surface area contributed by atoms with E-state index in [1.54, 1.807) is 12.1 Å². The van der Waals surface area contributed by atoms with E-state index in [2.05, 4.69) is 30.7 Å². The first-order chi connectivity index (χ1) is 15.9. The average Bonchev–Trinajstić information content (AvgIpc) is 3.34. The first-order valence-electron chi connectivity index (χ1n) is 10.7. The van der Waals surface area contributed by atoms with Crippen LogP contribution in [0.2, 0.25) is 0 Å². The second-order valence-corrected chi connectivity index (χ2v) is 8.39. The van der Waals surface area contributed by atoms with E-state index in [0.717, 1.165) is 24.0 Å². The Morgan fingerprint density at radius 1 is 1.18 bits per heavy atom. The summed E-state index contributed by atoms with van der Waals surface area (Å²) in [6.45, 7) is 1.01. The van der Waals surface area contributed by atoms with Crippen LogP contribution in [0.4, 0.5) is 8.78 Å². The molecule has 1 aromatic heterocycles. The van der Waals surface area contributed by atoms with Crippen LogP contribution in [0.3, 0.4) is 0 Å². The van der Waals surface area contributed by atoms with Gasteiger partial charge < -0.3 is 14.8 Å². The minimum atomic E-state index is -2.90. The van der Waals surface area contributed by atoms with Crippen molar-refractivity contribution in [3.05, 3.63) is 59.7 Å². The largest absolute Gasteiger partial charge is 0.435 e. The lowest BCUT2D eigenvalue weighted by molar-refractivity contribution is -0.137. The van der Waals surface area contributed by atoms with Gasteiger partial charge in [-0.2, -0.15) is 14.0 Å². The molecule has 4 rings (SSSR count). The zero-order valence-corrected chi connectivity index (χ0v) is 18.3. The van der Waals surface area contributed by atoms with E-state index in [9.17, 15) is 13.6 Å². The maximum atomic E-state index is 13.1. The molecule has 174 valence electrons. The van der Waals surface area contributed by atoms with Gasteiger partial charge in [-0.3, -0.25) is 4.79 Å². The summed E-state index contributed by atoms with van der Waals surface area (Å²) in [6, 6.07) is 14.0. The van der Waals surface area contributed by atoms with Gasteiger partial charge in [-0.15, -0.1) is 10.2 Å². The van der Waals surface area contributed by atoms with Crippen molar-refractivity contribution in [3.8, 4) is 17.1 Å². The number of benzene rings is 2. The van der Waals surface area contributed by atoms with E-state index in [4.69, 9.17) is 4.74 Å². The summed E-state index contributed by atoms with van der Waals surface area (Å²) in [6.07, 6.45) is 0.969. The van der Waals surface area contributed by atoms with Crippen molar-refractivity contribution in [2.75, 3.05) is 0 Å². The Kier molecular flexibility index (Phi) is 6.64. The van der Waals surface area contributed by atoms with Gasteiger partial charge in [0.05, 0.1) is 12.1 Å². The van der Waals surface area contributed by atoms with Crippen LogP contribution in [0.5, 0.6) is 5.75 Å². The predicted octanol–water partition coefficient (Wildman–Crippen LogP) is 3.81. The number of hydrogen-bond donors (Lipinski definition) is 2. The molecule has 2 aromatic carbocycles. The van der Waals surface area contributed by atoms with Gasteiger partial charge in [-0.05, 0) is 47.2 Å². The lowest BCUT2D eigenvalue weighted by Crippen LogP contribution is -2.44. The normalized spacial score (nSPS) is 15.5. The fourth-order valence-electron chi connectivity index (χ4n) is 3.71. The molecule has 0 aliphatic heterocycles. The topological polar surface area (TPSA) is 102 Å². The molecule has 0 bridgehead atoms. The minimum absolute atomic E-state index is 0.0536. The number of nitrogens with zero attached hydrogens (tertiary/aromatic N) is 3. The molecule has 0 unspecified atom stereocenters. The summed E-state index contributed by atoms with van der Waals surface area (Å²) < 4.78 is 35.3. The minimum Gasteiger partial charge on any atom is -0.435 e. The number of aromatic nitrogens is 4. The predicted molar refractivity (Wildman–Crippen MR) is 115 cm³/mol. The number of alkyl halides is 2. The molecule has 1 atom stereocenters. The lowest BCUT2D eigenvalue weighted by Gasteiger charge is -2.25. The summed E-state index contributed by atoms with van der Waals surface area (Å²) in [5.41, 5.74) is 2.05. The van der Waals surface area contributed by atoms with Crippen LogP contribution in [0.1, 0.15) is 37.8 Å². The van der Waals surface area contributed by atoms with Crippen LogP contribution in [0.15, 0.2) is 48.5 Å². The van der Waals surface area contributed by atoms with Crippen molar-refractivity contribution in [3.63, 3.8) is 0 Å². The zero-order valence-electron chi connectivity index (χ0n) is 18.3. The summed E-state index contributed by atoms with van der Waals surface area (Å²) in [5.74, 6) is 0.274. The number of rotatable bonds is 10. The van der Waals surface area contributed by atoms with Crippen molar-refractivity contribution in [1.29, 1.82) is 0 Å². The van der Waals surface area contributed by atoms with Gasteiger partial charge in [0, 0.05) is 5.56 Å². The SMILES string of the molecule is CC(C)[C@@H](OCc1cccc(OC(F)F)c1)C(=O)NC1(c2ccc(-c3nn[nH]n3)cc2)CC1. The highest BCUT2D eigenvalue weighted by Gasteiger charge is 2.46. The molecule has 10 heteroatoms. The molecule has 1 fully saturated rings. The summed E-state index contributed by atoms with van der Waals surface area (Å²) in [7, 11) is 0. The molecule has 0 spiro atoms. The quantitative estimate of drug-likeness (QED) is 0.480. The van der Waals surface area contributed by atoms with Gasteiger partial charge in [0.1, 0.15) is 11.9 Å². The highest BCUT2D eigenvalue weighted by molar-refractivity contribution is 5.82. The molecule has 8 nitrogen and oxygen atoms in total. The number of amides is 1. The average molecular weight is 457 g/mol. The van der Waals surface area contributed by atoms with Crippen molar-refractivity contribution in [2.45, 2.75) is 51.6 Å². The fourth-order valence-corrected chi connectivity index (χ4v) is 3.71. The van der Waals surface area contributed by atoms with Gasteiger partial charge in [-0.25, -0.2) is 0 Å². The number of ether oxygens (including phenoxy) is 2. The van der Waals surface area contributed by atoms with Crippen LogP contribution in [-0.4, -0.2) is 39.2 Å². The molecule has 1 heterocycles. The number of nitrogens with one attached hydrogen (secondary N) is 2. The summed E-state index contributed by atoms with van der Waals surface area (Å²) in [5, 5.41) is 17.1. The molecule has 0 radical (unpaired) electrons. The maximum absolute atomic E-state index is 13.1. The molecule has 1 saturated carbocycles. The Balaban J connectivity index is 1.40. The van der Waals surface area contributed by atoms with E-state index in [1.165, 1.54) is 12.1 Å². The third-order valence-electron chi connectivity index (χ3n) is 5.57. The van der Waals surface area contributed by atoms with Crippen LogP contribution < -0.4 is 10.1 Å². The number of carbonyl (C=O) groups excluding carboxylic acids is 1. The number of carbonyl (C=O) groups is 1. The Labute approximate surface area is 189 Å². The molecule has 33 heavy (non-hydrogen) atoms. The Hall–Kier alpha value is -3.40. The molecular weight excluding hydrogens is 432 g/mol. The summed E-state index contributed by atoms with van der Waals surface area (Å²) in [4.78, 5) is 13.1. The highest BCUT2D eigenvalue weighted by atomic mass is 19.3. The second-order valence-electron chi connectivity index (χ2n) is 8.39. The Bertz CT molecular complexity index is 1070. The monoisotopic (exact) mass is 457 g/mol. The number of tetrazole rings is 1. The molecule has 2 N–H and O–H groups in total. The van der Waals surface area contributed by atoms with E-state index in [0.29, 0.717) is 11.4 Å². The van der Waals surface area contributed by atoms with Crippen LogP contribution in [0, 0.1) is 5.92 Å². The fraction of sp³-hybridized carbons (Fsp3) is 0.391. The molecule has 0 saturated heterocycles. The van der Waals surface area contributed by atoms with E-state index in [1.807, 2.05) is 38.1 Å². The van der Waals surface area contributed by atoms with E-state index in [-0.39, 0.29) is 24.2 Å². The van der Waals surface area contributed by atoms with Gasteiger partial charge >= 0.3 is 6.61 Å². The maximum Gasteiger partial charge on any atom is 0.387 e. The summed E-state index contributed by atoms with van der Waals surface area (Å²) >= 11 is 0. The zero-order chi connectivity index (χ0) is 23.4. The first-order valence-corrected chi connectivity index (χ1v) is 10.7. The van der Waals surface area contributed by atoms with E-state index < -0.39 is 18.3 Å². The molecule has 1 aliphatic carbocycles. The van der Waals surface area contributed by atoms with Gasteiger partial charge in [0.15, 0.2) is 0 Å². The van der Waals surface area contributed by atoms with Gasteiger partial charge in [0.25, 0.3) is 0 Å². The standard InChI is InChI=1S/C23H25F2N5O3/c1-14(2)19(32-13-15-4-3-5-18(12-15)33-22(24)25)21(31)26-23(10-11-23)17-8-6-16(7-9-17)20-27-29-30-28-20/h3-9,12,14,19,22H,10-11,13H2,1-2H3,(H,26,31)(H,27,28,29,30)/t19-/m1/s1. The van der Waals surface area contributed by atoms with Crippen molar-refractivity contribution < 1.29 is 23.0 Å². The molecule has 3 aromatic rings. The van der Waals surface area contributed by atoms with Crippen LogP contribution in [0.25, 0.3) is 11.4 Å². The Morgan fingerprint density at radius 3 is 2.55 bits per heavy atom. The second kappa shape index (κ2) is 9.62. The van der Waals surface area contributed by atoms with E-state index >= 15 is 0 Å². The van der Waals surface area contributed by atoms with Gasteiger partial charge in [0.2, 0.25) is 11.7 Å². The number of H-pyrrole nitrogens is 1.